The number of hydrogen-bond acceptors (Lipinski definition) is 2. The minimum absolute atomic E-state index is 0. The van der Waals surface area contributed by atoms with E-state index < -0.39 is 0 Å². The first-order valence-corrected chi connectivity index (χ1v) is 14.8. The quantitative estimate of drug-likeness (QED) is 0.164. The second-order valence-electron chi connectivity index (χ2n) is 11.3. The average Bonchev–Trinajstić information content (AvgIpc) is 3.34. The van der Waals surface area contributed by atoms with E-state index in [1.807, 2.05) is 67.0 Å². The molecule has 7 rings (SSSR count). The molecule has 0 saturated heterocycles. The molecule has 44 heavy (non-hydrogen) atoms. The topological polar surface area (TPSA) is 30.7 Å². The number of aryl methyl sites for hydroxylation is 1. The number of rotatable bonds is 5. The Morgan fingerprint density at radius 1 is 0.727 bits per heavy atom. The molecule has 7 aromatic rings. The third kappa shape index (κ3) is 6.53. The molecular formula is C40H35IrN3-2. The summed E-state index contributed by atoms with van der Waals surface area (Å²) in [5.41, 5.74) is 11.2. The summed E-state index contributed by atoms with van der Waals surface area (Å²) in [6.07, 6.45) is 3.78. The largest absolute Gasteiger partial charge is 0.380 e. The minimum atomic E-state index is 0. The van der Waals surface area contributed by atoms with E-state index in [2.05, 4.69) is 109 Å². The third-order valence-corrected chi connectivity index (χ3v) is 7.68. The summed E-state index contributed by atoms with van der Waals surface area (Å²) in [6.45, 7) is 11.7. The second-order valence-corrected chi connectivity index (χ2v) is 11.3. The van der Waals surface area contributed by atoms with E-state index in [4.69, 9.17) is 0 Å². The van der Waals surface area contributed by atoms with Gasteiger partial charge in [0, 0.05) is 55.8 Å². The second kappa shape index (κ2) is 13.9. The van der Waals surface area contributed by atoms with Crippen molar-refractivity contribution in [3.05, 3.63) is 152 Å². The summed E-state index contributed by atoms with van der Waals surface area (Å²) in [5.74, 6) is 0.601. The Morgan fingerprint density at radius 2 is 1.45 bits per heavy atom. The molecular weight excluding hydrogens is 715 g/mol. The number of benzene rings is 4. The van der Waals surface area contributed by atoms with Crippen LogP contribution in [0, 0.1) is 25.8 Å². The van der Waals surface area contributed by atoms with Gasteiger partial charge < -0.3 is 9.55 Å². The van der Waals surface area contributed by atoms with Crippen molar-refractivity contribution in [3.63, 3.8) is 0 Å². The normalized spacial score (nSPS) is 10.8. The van der Waals surface area contributed by atoms with Crippen molar-refractivity contribution >= 4 is 21.8 Å². The number of pyridine rings is 2. The summed E-state index contributed by atoms with van der Waals surface area (Å²) in [6, 6.07) is 42.9. The number of nitrogens with zero attached hydrogens (tertiary/aromatic N) is 3. The van der Waals surface area contributed by atoms with Gasteiger partial charge in [0.1, 0.15) is 0 Å². The van der Waals surface area contributed by atoms with Crippen molar-refractivity contribution in [1.29, 1.82) is 0 Å². The van der Waals surface area contributed by atoms with Gasteiger partial charge in [-0.3, -0.25) is 4.98 Å². The van der Waals surface area contributed by atoms with Crippen LogP contribution in [0.1, 0.15) is 25.0 Å². The molecule has 1 radical (unpaired) electrons. The first kappa shape index (κ1) is 30.9. The van der Waals surface area contributed by atoms with Crippen LogP contribution >= 0.6 is 0 Å². The molecule has 0 aliphatic carbocycles. The van der Waals surface area contributed by atoms with Crippen molar-refractivity contribution < 1.29 is 20.1 Å². The Morgan fingerprint density at radius 3 is 2.18 bits per heavy atom. The van der Waals surface area contributed by atoms with Crippen LogP contribution in [-0.4, -0.2) is 14.5 Å². The van der Waals surface area contributed by atoms with Crippen molar-refractivity contribution in [1.82, 2.24) is 14.5 Å². The SMILES string of the molecule is CC(C)Cn1c2c[c-]c(-c3ccccn3)cc2c2ccccc21.[CH2-]c1ccccc1-c1cc(C)c(-c2ccccc2)cn1.[Ir]. The Balaban J connectivity index is 0.000000172. The molecule has 0 spiro atoms. The Hall–Kier alpha value is -4.50. The predicted octanol–water partition coefficient (Wildman–Crippen LogP) is 10.2. The molecule has 3 heterocycles. The summed E-state index contributed by atoms with van der Waals surface area (Å²) < 4.78 is 2.41. The molecule has 4 aromatic carbocycles. The average molecular weight is 750 g/mol. The van der Waals surface area contributed by atoms with Gasteiger partial charge in [-0.25, -0.2) is 0 Å². The van der Waals surface area contributed by atoms with Crippen LogP contribution < -0.4 is 0 Å². The maximum absolute atomic E-state index is 4.61. The van der Waals surface area contributed by atoms with Gasteiger partial charge in [0.05, 0.1) is 0 Å². The van der Waals surface area contributed by atoms with E-state index in [0.29, 0.717) is 5.92 Å². The van der Waals surface area contributed by atoms with Crippen molar-refractivity contribution in [2.45, 2.75) is 27.3 Å². The van der Waals surface area contributed by atoms with Gasteiger partial charge in [-0.05, 0) is 58.8 Å². The predicted molar refractivity (Wildman–Crippen MR) is 181 cm³/mol. The molecule has 0 aliphatic rings. The zero-order valence-corrected chi connectivity index (χ0v) is 27.7. The Bertz CT molecular complexity index is 1990. The van der Waals surface area contributed by atoms with E-state index >= 15 is 0 Å². The van der Waals surface area contributed by atoms with E-state index in [1.54, 1.807) is 0 Å². The monoisotopic (exact) mass is 750 g/mol. The molecule has 0 saturated carbocycles. The van der Waals surface area contributed by atoms with Gasteiger partial charge >= 0.3 is 0 Å². The molecule has 221 valence electrons. The summed E-state index contributed by atoms with van der Waals surface area (Å²) >= 11 is 0. The fraction of sp³-hybridized carbons (Fsp3) is 0.125. The van der Waals surface area contributed by atoms with E-state index in [-0.39, 0.29) is 20.1 Å². The smallest absolute Gasteiger partial charge is 0.0391 e. The van der Waals surface area contributed by atoms with E-state index in [1.165, 1.54) is 38.5 Å². The van der Waals surface area contributed by atoms with Gasteiger partial charge in [-0.2, -0.15) is 18.6 Å². The Labute approximate surface area is 274 Å². The van der Waals surface area contributed by atoms with Crippen LogP contribution in [0.2, 0.25) is 0 Å². The van der Waals surface area contributed by atoms with Crippen LogP contribution in [0.25, 0.3) is 55.4 Å². The number of hydrogen-bond donors (Lipinski definition) is 0. The third-order valence-electron chi connectivity index (χ3n) is 7.68. The van der Waals surface area contributed by atoms with Gasteiger partial charge in [-0.1, -0.05) is 86.0 Å². The maximum atomic E-state index is 4.61. The fourth-order valence-electron chi connectivity index (χ4n) is 5.61. The molecule has 0 amide bonds. The first-order chi connectivity index (χ1) is 21.0. The van der Waals surface area contributed by atoms with Gasteiger partial charge in [0.15, 0.2) is 0 Å². The first-order valence-electron chi connectivity index (χ1n) is 14.8. The van der Waals surface area contributed by atoms with E-state index in [0.717, 1.165) is 34.6 Å². The van der Waals surface area contributed by atoms with Crippen LogP contribution in [0.15, 0.2) is 128 Å². The number of aromatic nitrogens is 3. The van der Waals surface area contributed by atoms with Crippen molar-refractivity contribution in [3.8, 4) is 33.6 Å². The molecule has 0 atom stereocenters. The molecule has 0 N–H and O–H groups in total. The zero-order valence-electron chi connectivity index (χ0n) is 25.3. The fourth-order valence-corrected chi connectivity index (χ4v) is 5.61. The molecule has 0 bridgehead atoms. The Kier molecular flexibility index (Phi) is 9.75. The molecule has 0 unspecified atom stereocenters. The van der Waals surface area contributed by atoms with Crippen LogP contribution in [0.3, 0.4) is 0 Å². The molecule has 4 heteroatoms. The van der Waals surface area contributed by atoms with Gasteiger partial charge in [-0.15, -0.1) is 41.5 Å². The molecule has 3 aromatic heterocycles. The summed E-state index contributed by atoms with van der Waals surface area (Å²) in [4.78, 5) is 9.06. The van der Waals surface area contributed by atoms with Crippen LogP contribution in [0.5, 0.6) is 0 Å². The molecule has 0 aliphatic heterocycles. The van der Waals surface area contributed by atoms with E-state index in [9.17, 15) is 0 Å². The number of fused-ring (bicyclic) bond motifs is 3. The zero-order chi connectivity index (χ0) is 29.8. The van der Waals surface area contributed by atoms with Gasteiger partial charge in [0.2, 0.25) is 0 Å². The standard InChI is InChI=1S/C21H19N2.C19H16N.Ir/c1-15(2)14-23-20-9-4-3-7-17(20)18-13-16(10-11-21(18)23)19-8-5-6-12-22-19;1-14-8-6-7-11-17(14)19-12-15(2)18(13-20-19)16-9-4-3-5-10-16;/h3-9,11-13,15H,14H2,1-2H3;3-13H,1H2,2H3;/q2*-1;. The molecule has 3 nitrogen and oxygen atoms in total. The van der Waals surface area contributed by atoms with Gasteiger partial charge in [0.25, 0.3) is 0 Å². The van der Waals surface area contributed by atoms with Crippen LogP contribution in [0.4, 0.5) is 0 Å². The maximum Gasteiger partial charge on any atom is 0.0391 e. The van der Waals surface area contributed by atoms with Crippen LogP contribution in [-0.2, 0) is 26.7 Å². The molecule has 0 fully saturated rings. The summed E-state index contributed by atoms with van der Waals surface area (Å²) in [5, 5.41) is 2.58. The van der Waals surface area contributed by atoms with Crippen molar-refractivity contribution in [2.75, 3.05) is 0 Å². The number of para-hydroxylation sites is 1. The minimum Gasteiger partial charge on any atom is -0.380 e. The van der Waals surface area contributed by atoms with Crippen molar-refractivity contribution in [2.24, 2.45) is 5.92 Å². The summed E-state index contributed by atoms with van der Waals surface area (Å²) in [7, 11) is 0.